The molecule has 3 aromatic carbocycles. The average molecular weight is 495 g/mol. The Labute approximate surface area is 203 Å². The maximum Gasteiger partial charge on any atom is 0.261 e. The molecule has 1 heterocycles. The summed E-state index contributed by atoms with van der Waals surface area (Å²) in [6.45, 7) is 2.69. The van der Waals surface area contributed by atoms with Gasteiger partial charge >= 0.3 is 0 Å². The van der Waals surface area contributed by atoms with E-state index in [-0.39, 0.29) is 22.0 Å². The lowest BCUT2D eigenvalue weighted by Crippen LogP contribution is -2.24. The first-order valence-corrected chi connectivity index (χ1v) is 12.4. The van der Waals surface area contributed by atoms with Gasteiger partial charge < -0.3 is 5.32 Å². The summed E-state index contributed by atoms with van der Waals surface area (Å²) in [7, 11) is -3.90. The maximum absolute atomic E-state index is 12.9. The van der Waals surface area contributed by atoms with E-state index >= 15 is 0 Å². The van der Waals surface area contributed by atoms with E-state index in [1.165, 1.54) is 18.2 Å². The van der Waals surface area contributed by atoms with Crippen molar-refractivity contribution < 1.29 is 13.2 Å². The van der Waals surface area contributed by atoms with E-state index in [4.69, 9.17) is 11.6 Å². The maximum atomic E-state index is 12.9. The third-order valence-corrected chi connectivity index (χ3v) is 6.92. The second-order valence-electron chi connectivity index (χ2n) is 7.77. The number of hydrogen-bond donors (Lipinski definition) is 2. The van der Waals surface area contributed by atoms with E-state index in [1.807, 2.05) is 49.5 Å². The van der Waals surface area contributed by atoms with Crippen molar-refractivity contribution in [3.8, 4) is 0 Å². The van der Waals surface area contributed by atoms with Gasteiger partial charge in [0, 0.05) is 24.6 Å². The molecule has 0 spiro atoms. The largest absolute Gasteiger partial charge is 0.348 e. The van der Waals surface area contributed by atoms with Gasteiger partial charge in [0.25, 0.3) is 15.9 Å². The fraction of sp³-hybridized carbons (Fsp3) is 0.120. The zero-order chi connectivity index (χ0) is 24.1. The molecule has 4 rings (SSSR count). The van der Waals surface area contributed by atoms with E-state index in [1.54, 1.807) is 29.1 Å². The minimum atomic E-state index is -3.90. The third-order valence-electron chi connectivity index (χ3n) is 5.21. The number of anilines is 1. The summed E-state index contributed by atoms with van der Waals surface area (Å²) in [6.07, 6.45) is 3.58. The fourth-order valence-corrected chi connectivity index (χ4v) is 4.77. The van der Waals surface area contributed by atoms with Gasteiger partial charge in [0.1, 0.15) is 0 Å². The molecular weight excluding hydrogens is 472 g/mol. The predicted octanol–water partition coefficient (Wildman–Crippen LogP) is 4.62. The van der Waals surface area contributed by atoms with Crippen molar-refractivity contribution in [2.75, 3.05) is 4.72 Å². The Morgan fingerprint density at radius 2 is 1.79 bits per heavy atom. The van der Waals surface area contributed by atoms with E-state index in [9.17, 15) is 13.2 Å². The Balaban J connectivity index is 1.51. The Kier molecular flexibility index (Phi) is 7.00. The second kappa shape index (κ2) is 10.1. The number of rotatable bonds is 8. The molecule has 0 saturated carbocycles. The van der Waals surface area contributed by atoms with Crippen molar-refractivity contribution in [1.82, 2.24) is 15.1 Å². The summed E-state index contributed by atoms with van der Waals surface area (Å²) in [4.78, 5) is 12.9. The quantitative estimate of drug-likeness (QED) is 0.373. The molecule has 0 radical (unpaired) electrons. The molecule has 9 heteroatoms. The molecule has 0 bridgehead atoms. The number of benzene rings is 3. The van der Waals surface area contributed by atoms with Gasteiger partial charge in [-0.15, -0.1) is 0 Å². The van der Waals surface area contributed by atoms with Crippen molar-refractivity contribution in [2.24, 2.45) is 0 Å². The number of aromatic nitrogens is 2. The monoisotopic (exact) mass is 494 g/mol. The normalized spacial score (nSPS) is 11.2. The van der Waals surface area contributed by atoms with Crippen LogP contribution >= 0.6 is 11.6 Å². The lowest BCUT2D eigenvalue weighted by atomic mass is 10.1. The summed E-state index contributed by atoms with van der Waals surface area (Å²) in [5.41, 5.74) is 3.38. The Bertz CT molecular complexity index is 1420. The van der Waals surface area contributed by atoms with E-state index in [2.05, 4.69) is 15.1 Å². The van der Waals surface area contributed by atoms with Crippen LogP contribution in [0.5, 0.6) is 0 Å². The third kappa shape index (κ3) is 5.65. The molecule has 0 saturated heterocycles. The van der Waals surface area contributed by atoms with Gasteiger partial charge in [-0.2, -0.15) is 5.10 Å². The topological polar surface area (TPSA) is 93.1 Å². The summed E-state index contributed by atoms with van der Waals surface area (Å²) >= 11 is 6.24. The first kappa shape index (κ1) is 23.5. The average Bonchev–Trinajstić information content (AvgIpc) is 3.31. The van der Waals surface area contributed by atoms with Crippen LogP contribution in [0.15, 0.2) is 90.1 Å². The van der Waals surface area contributed by atoms with Gasteiger partial charge in [-0.1, -0.05) is 48.0 Å². The Hall–Kier alpha value is -3.62. The van der Waals surface area contributed by atoms with Crippen LogP contribution in [0.25, 0.3) is 0 Å². The van der Waals surface area contributed by atoms with Crippen LogP contribution in [0.3, 0.4) is 0 Å². The van der Waals surface area contributed by atoms with Gasteiger partial charge in [-0.05, 0) is 60.0 Å². The molecule has 0 atom stereocenters. The molecule has 0 fully saturated rings. The van der Waals surface area contributed by atoms with Crippen LogP contribution in [-0.2, 0) is 23.1 Å². The number of nitrogens with zero attached hydrogens (tertiary/aromatic N) is 2. The molecule has 2 N–H and O–H groups in total. The first-order valence-electron chi connectivity index (χ1n) is 10.5. The molecular formula is C25H23ClN4O3S. The highest BCUT2D eigenvalue weighted by Crippen LogP contribution is 2.23. The molecule has 1 aromatic heterocycles. The fourth-order valence-electron chi connectivity index (χ4n) is 3.49. The lowest BCUT2D eigenvalue weighted by Gasteiger charge is -2.13. The number of halogens is 1. The molecule has 0 unspecified atom stereocenters. The van der Waals surface area contributed by atoms with Crippen LogP contribution in [0.2, 0.25) is 5.02 Å². The van der Waals surface area contributed by atoms with Crippen LogP contribution < -0.4 is 10.0 Å². The molecule has 174 valence electrons. The Morgan fingerprint density at radius 1 is 1.00 bits per heavy atom. The van der Waals surface area contributed by atoms with E-state index in [0.717, 1.165) is 16.7 Å². The number of aryl methyl sites for hydroxylation is 1. The number of hydrogen-bond acceptors (Lipinski definition) is 4. The second-order valence-corrected chi connectivity index (χ2v) is 9.86. The van der Waals surface area contributed by atoms with E-state index in [0.29, 0.717) is 12.2 Å². The van der Waals surface area contributed by atoms with Gasteiger partial charge in [0.15, 0.2) is 0 Å². The lowest BCUT2D eigenvalue weighted by molar-refractivity contribution is 0.0950. The molecule has 7 nitrogen and oxygen atoms in total. The van der Waals surface area contributed by atoms with Crippen LogP contribution in [0.4, 0.5) is 5.69 Å². The Morgan fingerprint density at radius 3 is 2.53 bits per heavy atom. The standard InChI is InChI=1S/C25H23ClN4O3S/c1-18-6-4-9-21(14-18)29-34(32,33)22-10-11-24(26)23(15-22)25(31)27-16-19-7-2-3-8-20(19)17-30-13-5-12-28-30/h2-15,29H,16-17H2,1H3,(H,27,31). The zero-order valence-corrected chi connectivity index (χ0v) is 20.0. The van der Waals surface area contributed by atoms with Gasteiger partial charge in [0.05, 0.1) is 22.0 Å². The highest BCUT2D eigenvalue weighted by molar-refractivity contribution is 7.92. The number of carbonyl (C=O) groups excluding carboxylic acids is 1. The van der Waals surface area contributed by atoms with Crippen LogP contribution in [0.1, 0.15) is 27.0 Å². The summed E-state index contributed by atoms with van der Waals surface area (Å²) < 4.78 is 30.1. The van der Waals surface area contributed by atoms with Crippen LogP contribution in [-0.4, -0.2) is 24.1 Å². The summed E-state index contributed by atoms with van der Waals surface area (Å²) in [6, 6.07) is 20.6. The minimum Gasteiger partial charge on any atom is -0.348 e. The number of nitrogens with one attached hydrogen (secondary N) is 2. The van der Waals surface area contributed by atoms with Gasteiger partial charge in [-0.3, -0.25) is 14.2 Å². The molecule has 0 aliphatic heterocycles. The minimum absolute atomic E-state index is 0.0531. The molecule has 1 amide bonds. The predicted molar refractivity (Wildman–Crippen MR) is 132 cm³/mol. The summed E-state index contributed by atoms with van der Waals surface area (Å²) in [5, 5.41) is 7.23. The first-order chi connectivity index (χ1) is 16.3. The number of sulfonamides is 1. The van der Waals surface area contributed by atoms with Crippen molar-refractivity contribution in [3.05, 3.63) is 112 Å². The molecule has 0 aliphatic carbocycles. The summed E-state index contributed by atoms with van der Waals surface area (Å²) in [5.74, 6) is -0.466. The van der Waals surface area contributed by atoms with Crippen molar-refractivity contribution in [2.45, 2.75) is 24.9 Å². The van der Waals surface area contributed by atoms with Crippen molar-refractivity contribution >= 4 is 33.2 Å². The van der Waals surface area contributed by atoms with Gasteiger partial charge in [-0.25, -0.2) is 8.42 Å². The highest BCUT2D eigenvalue weighted by atomic mass is 35.5. The van der Waals surface area contributed by atoms with Crippen molar-refractivity contribution in [1.29, 1.82) is 0 Å². The van der Waals surface area contributed by atoms with Crippen LogP contribution in [0, 0.1) is 6.92 Å². The number of amides is 1. The molecule has 0 aliphatic rings. The molecule has 4 aromatic rings. The molecule has 34 heavy (non-hydrogen) atoms. The highest BCUT2D eigenvalue weighted by Gasteiger charge is 2.19. The number of carbonyl (C=O) groups is 1. The van der Waals surface area contributed by atoms with Crippen molar-refractivity contribution in [3.63, 3.8) is 0 Å². The SMILES string of the molecule is Cc1cccc(NS(=O)(=O)c2ccc(Cl)c(C(=O)NCc3ccccc3Cn3cccn3)c2)c1. The zero-order valence-electron chi connectivity index (χ0n) is 18.4. The van der Waals surface area contributed by atoms with Gasteiger partial charge in [0.2, 0.25) is 0 Å². The smallest absolute Gasteiger partial charge is 0.261 e. The van der Waals surface area contributed by atoms with E-state index < -0.39 is 15.9 Å².